The highest BCUT2D eigenvalue weighted by atomic mass is 16.2. The van der Waals surface area contributed by atoms with Crippen LogP contribution in [0.15, 0.2) is 24.3 Å². The van der Waals surface area contributed by atoms with Crippen LogP contribution in [0.5, 0.6) is 0 Å². The first kappa shape index (κ1) is 10.6. The summed E-state index contributed by atoms with van der Waals surface area (Å²) in [6, 6.07) is 6.21. The zero-order chi connectivity index (χ0) is 11.7. The number of amides is 2. The molecular weight excluding hydrogens is 206 g/mol. The Morgan fingerprint density at radius 3 is 2.38 bits per heavy atom. The lowest BCUT2D eigenvalue weighted by atomic mass is 10.2. The predicted octanol–water partition coefficient (Wildman–Crippen LogP) is -0.150. The summed E-state index contributed by atoms with van der Waals surface area (Å²) in [5.74, 6) is -0.553. The van der Waals surface area contributed by atoms with Crippen molar-refractivity contribution in [3.63, 3.8) is 0 Å². The molecule has 0 radical (unpaired) electrons. The van der Waals surface area contributed by atoms with Gasteiger partial charge in [0.25, 0.3) is 0 Å². The maximum Gasteiger partial charge on any atom is 0.248 e. The molecule has 1 heterocycles. The number of carbonyl (C=O) groups excluding carboxylic acids is 2. The van der Waals surface area contributed by atoms with Gasteiger partial charge in [-0.1, -0.05) is 0 Å². The Bertz CT molecular complexity index is 427. The minimum absolute atomic E-state index is 0.0770. The molecule has 2 amide bonds. The lowest BCUT2D eigenvalue weighted by Crippen LogP contribution is -2.33. The number of primary amides is 1. The molecular formula is C11H13N3O2. The summed E-state index contributed by atoms with van der Waals surface area (Å²) in [5.41, 5.74) is 11.9. The van der Waals surface area contributed by atoms with E-state index in [9.17, 15) is 9.59 Å². The molecule has 1 unspecified atom stereocenters. The SMILES string of the molecule is NC(=O)c1ccc(N2CCC(N)C2=O)cc1. The highest BCUT2D eigenvalue weighted by Crippen LogP contribution is 2.21. The third kappa shape index (κ3) is 1.77. The molecule has 1 aromatic carbocycles. The lowest BCUT2D eigenvalue weighted by molar-refractivity contribution is -0.118. The van der Waals surface area contributed by atoms with Crippen LogP contribution in [-0.4, -0.2) is 24.4 Å². The largest absolute Gasteiger partial charge is 0.366 e. The number of nitrogens with two attached hydrogens (primary N) is 2. The van der Waals surface area contributed by atoms with Crippen LogP contribution in [0.2, 0.25) is 0 Å². The fourth-order valence-corrected chi connectivity index (χ4v) is 1.76. The summed E-state index contributed by atoms with van der Waals surface area (Å²) in [4.78, 5) is 24.1. The molecule has 1 aliphatic rings. The zero-order valence-electron chi connectivity index (χ0n) is 8.72. The average molecular weight is 219 g/mol. The van der Waals surface area contributed by atoms with Crippen molar-refractivity contribution in [1.29, 1.82) is 0 Å². The van der Waals surface area contributed by atoms with Gasteiger partial charge < -0.3 is 16.4 Å². The fourth-order valence-electron chi connectivity index (χ4n) is 1.76. The highest BCUT2D eigenvalue weighted by Gasteiger charge is 2.29. The van der Waals surface area contributed by atoms with Crippen molar-refractivity contribution in [2.24, 2.45) is 11.5 Å². The van der Waals surface area contributed by atoms with E-state index < -0.39 is 11.9 Å². The summed E-state index contributed by atoms with van der Waals surface area (Å²) in [6.07, 6.45) is 0.663. The van der Waals surface area contributed by atoms with Crippen molar-refractivity contribution >= 4 is 17.5 Å². The van der Waals surface area contributed by atoms with E-state index in [0.717, 1.165) is 5.69 Å². The van der Waals surface area contributed by atoms with Gasteiger partial charge in [-0.15, -0.1) is 0 Å². The first-order valence-corrected chi connectivity index (χ1v) is 5.06. The summed E-state index contributed by atoms with van der Waals surface area (Å²) in [5, 5.41) is 0. The normalized spacial score (nSPS) is 20.2. The molecule has 1 aliphatic heterocycles. The van der Waals surface area contributed by atoms with E-state index in [1.165, 1.54) is 0 Å². The first-order valence-electron chi connectivity index (χ1n) is 5.06. The molecule has 2 rings (SSSR count). The van der Waals surface area contributed by atoms with Crippen molar-refractivity contribution in [2.75, 3.05) is 11.4 Å². The predicted molar refractivity (Wildman–Crippen MR) is 59.9 cm³/mol. The van der Waals surface area contributed by atoms with Crippen molar-refractivity contribution < 1.29 is 9.59 Å². The number of anilines is 1. The van der Waals surface area contributed by atoms with Gasteiger partial charge in [0.05, 0.1) is 6.04 Å². The zero-order valence-corrected chi connectivity index (χ0v) is 8.72. The second kappa shape index (κ2) is 3.94. The van der Waals surface area contributed by atoms with E-state index in [2.05, 4.69) is 0 Å². The molecule has 4 N–H and O–H groups in total. The Morgan fingerprint density at radius 2 is 1.94 bits per heavy atom. The monoisotopic (exact) mass is 219 g/mol. The molecule has 1 fully saturated rings. The minimum atomic E-state index is -0.476. The fraction of sp³-hybridized carbons (Fsp3) is 0.273. The molecule has 0 bridgehead atoms. The molecule has 5 nitrogen and oxygen atoms in total. The quantitative estimate of drug-likeness (QED) is 0.724. The van der Waals surface area contributed by atoms with Crippen LogP contribution in [-0.2, 0) is 4.79 Å². The van der Waals surface area contributed by atoms with Gasteiger partial charge in [-0.2, -0.15) is 0 Å². The molecule has 84 valence electrons. The van der Waals surface area contributed by atoms with Gasteiger partial charge in [0.2, 0.25) is 11.8 Å². The van der Waals surface area contributed by atoms with Crippen LogP contribution >= 0.6 is 0 Å². The van der Waals surface area contributed by atoms with E-state index in [-0.39, 0.29) is 5.91 Å². The van der Waals surface area contributed by atoms with Crippen molar-refractivity contribution in [1.82, 2.24) is 0 Å². The Labute approximate surface area is 93.0 Å². The van der Waals surface area contributed by atoms with Gasteiger partial charge in [0, 0.05) is 17.8 Å². The van der Waals surface area contributed by atoms with Crippen LogP contribution in [0.3, 0.4) is 0 Å². The summed E-state index contributed by atoms with van der Waals surface area (Å²) in [6.45, 7) is 0.621. The number of hydrogen-bond acceptors (Lipinski definition) is 3. The second-order valence-corrected chi connectivity index (χ2v) is 3.80. The second-order valence-electron chi connectivity index (χ2n) is 3.80. The molecule has 1 atom stereocenters. The molecule has 1 aromatic rings. The van der Waals surface area contributed by atoms with Crippen LogP contribution in [0.1, 0.15) is 16.8 Å². The third-order valence-corrected chi connectivity index (χ3v) is 2.71. The maximum absolute atomic E-state index is 11.6. The molecule has 1 saturated heterocycles. The summed E-state index contributed by atoms with van der Waals surface area (Å²) < 4.78 is 0. The lowest BCUT2D eigenvalue weighted by Gasteiger charge is -2.16. The average Bonchev–Trinajstić information content (AvgIpc) is 2.60. The topological polar surface area (TPSA) is 89.4 Å². The van der Waals surface area contributed by atoms with E-state index >= 15 is 0 Å². The van der Waals surface area contributed by atoms with Crippen molar-refractivity contribution in [3.05, 3.63) is 29.8 Å². The summed E-state index contributed by atoms with van der Waals surface area (Å²) >= 11 is 0. The van der Waals surface area contributed by atoms with E-state index in [4.69, 9.17) is 11.5 Å². The van der Waals surface area contributed by atoms with E-state index in [0.29, 0.717) is 18.5 Å². The van der Waals surface area contributed by atoms with Crippen molar-refractivity contribution in [2.45, 2.75) is 12.5 Å². The Balaban J connectivity index is 2.22. The van der Waals surface area contributed by atoms with Gasteiger partial charge >= 0.3 is 0 Å². The number of nitrogens with zero attached hydrogens (tertiary/aromatic N) is 1. The molecule has 0 aliphatic carbocycles. The van der Waals surface area contributed by atoms with Crippen LogP contribution in [0.4, 0.5) is 5.69 Å². The smallest absolute Gasteiger partial charge is 0.248 e. The van der Waals surface area contributed by atoms with Crippen LogP contribution in [0, 0.1) is 0 Å². The van der Waals surface area contributed by atoms with Gasteiger partial charge in [-0.3, -0.25) is 9.59 Å². The Kier molecular flexibility index (Phi) is 2.62. The Morgan fingerprint density at radius 1 is 1.31 bits per heavy atom. The molecule has 0 aromatic heterocycles. The summed E-state index contributed by atoms with van der Waals surface area (Å²) in [7, 11) is 0. The number of carbonyl (C=O) groups is 2. The molecule has 5 heteroatoms. The third-order valence-electron chi connectivity index (χ3n) is 2.71. The van der Waals surface area contributed by atoms with Crippen molar-refractivity contribution in [3.8, 4) is 0 Å². The maximum atomic E-state index is 11.6. The van der Waals surface area contributed by atoms with Gasteiger partial charge in [0.15, 0.2) is 0 Å². The van der Waals surface area contributed by atoms with Gasteiger partial charge in [-0.05, 0) is 30.7 Å². The standard InChI is InChI=1S/C11H13N3O2/c12-9-5-6-14(11(9)16)8-3-1-7(2-4-8)10(13)15/h1-4,9H,5-6,12H2,(H2,13,15). The minimum Gasteiger partial charge on any atom is -0.366 e. The number of benzene rings is 1. The molecule has 0 saturated carbocycles. The molecule has 0 spiro atoms. The number of rotatable bonds is 2. The molecule has 16 heavy (non-hydrogen) atoms. The number of hydrogen-bond donors (Lipinski definition) is 2. The van der Waals surface area contributed by atoms with Gasteiger partial charge in [-0.25, -0.2) is 0 Å². The highest BCUT2D eigenvalue weighted by molar-refractivity contribution is 6.00. The van der Waals surface area contributed by atoms with E-state index in [1.807, 2.05) is 0 Å². The first-order chi connectivity index (χ1) is 7.59. The van der Waals surface area contributed by atoms with E-state index in [1.54, 1.807) is 29.2 Å². The Hall–Kier alpha value is -1.88. The van der Waals surface area contributed by atoms with Gasteiger partial charge in [0.1, 0.15) is 0 Å². The van der Waals surface area contributed by atoms with Crippen LogP contribution < -0.4 is 16.4 Å². The van der Waals surface area contributed by atoms with Crippen LogP contribution in [0.25, 0.3) is 0 Å².